The third-order valence-corrected chi connectivity index (χ3v) is 4.73. The number of ether oxygens (including phenoxy) is 1. The van der Waals surface area contributed by atoms with E-state index in [0.29, 0.717) is 16.1 Å². The van der Waals surface area contributed by atoms with E-state index in [2.05, 4.69) is 10.3 Å². The molecular formula is C17H16N2O3S2. The lowest BCUT2D eigenvalue weighted by Gasteiger charge is -2.12. The molecule has 1 aromatic heterocycles. The summed E-state index contributed by atoms with van der Waals surface area (Å²) in [6, 6.07) is 13.0. The third kappa shape index (κ3) is 3.80. The van der Waals surface area contributed by atoms with Crippen LogP contribution in [-0.4, -0.2) is 23.3 Å². The van der Waals surface area contributed by atoms with Gasteiger partial charge < -0.3 is 19.5 Å². The van der Waals surface area contributed by atoms with E-state index in [1.807, 2.05) is 43.3 Å². The maximum atomic E-state index is 12.4. The van der Waals surface area contributed by atoms with Crippen LogP contribution in [0.3, 0.4) is 0 Å². The maximum Gasteiger partial charge on any atom is 0.266 e. The van der Waals surface area contributed by atoms with Crippen LogP contribution in [0.5, 0.6) is 5.75 Å². The second-order valence-corrected chi connectivity index (χ2v) is 6.94. The molecule has 0 radical (unpaired) electrons. The fourth-order valence-corrected chi connectivity index (χ4v) is 3.25. The lowest BCUT2D eigenvalue weighted by Crippen LogP contribution is -2.22. The van der Waals surface area contributed by atoms with Crippen molar-refractivity contribution < 1.29 is 13.9 Å². The normalized spacial score (nSPS) is 12.1. The lowest BCUT2D eigenvalue weighted by molar-refractivity contribution is -0.115. The minimum atomic E-state index is -0.244. The summed E-state index contributed by atoms with van der Waals surface area (Å²) in [7, 11) is 1.63. The quantitative estimate of drug-likeness (QED) is 0.513. The van der Waals surface area contributed by atoms with Gasteiger partial charge in [-0.05, 0) is 55.5 Å². The van der Waals surface area contributed by atoms with Crippen LogP contribution in [0.1, 0.15) is 6.92 Å². The average molecular weight is 360 g/mol. The van der Waals surface area contributed by atoms with Crippen LogP contribution in [0.2, 0.25) is 0 Å². The van der Waals surface area contributed by atoms with Gasteiger partial charge in [0.15, 0.2) is 5.58 Å². The molecule has 0 aliphatic carbocycles. The molecule has 2 aromatic carbocycles. The number of rotatable bonds is 5. The van der Waals surface area contributed by atoms with E-state index in [1.165, 1.54) is 11.8 Å². The first kappa shape index (κ1) is 16.6. The van der Waals surface area contributed by atoms with Gasteiger partial charge in [-0.2, -0.15) is 0 Å². The largest absolute Gasteiger partial charge is 0.497 e. The second-order valence-electron chi connectivity index (χ2n) is 5.15. The van der Waals surface area contributed by atoms with Crippen molar-refractivity contribution in [1.82, 2.24) is 4.98 Å². The number of amides is 1. The molecule has 2 N–H and O–H groups in total. The Labute approximate surface area is 148 Å². The molecule has 0 spiro atoms. The molecule has 0 unspecified atom stereocenters. The molecule has 0 aliphatic rings. The number of thioether (sulfide) groups is 1. The van der Waals surface area contributed by atoms with Crippen molar-refractivity contribution in [3.8, 4) is 5.75 Å². The highest BCUT2D eigenvalue weighted by Crippen LogP contribution is 2.26. The smallest absolute Gasteiger partial charge is 0.266 e. The molecule has 3 rings (SSSR count). The Morgan fingerprint density at radius 1 is 1.29 bits per heavy atom. The van der Waals surface area contributed by atoms with E-state index in [4.69, 9.17) is 21.4 Å². The number of aromatic amines is 1. The SMILES string of the molecule is COc1ccc(S[C@@H](C)C(=O)Nc2ccc3[nH]c(=S)oc3c2)cc1. The fourth-order valence-electron chi connectivity index (χ4n) is 2.18. The molecule has 1 heterocycles. The van der Waals surface area contributed by atoms with E-state index >= 15 is 0 Å². The van der Waals surface area contributed by atoms with Gasteiger partial charge in [-0.3, -0.25) is 4.79 Å². The van der Waals surface area contributed by atoms with E-state index in [9.17, 15) is 4.79 Å². The Morgan fingerprint density at radius 2 is 2.04 bits per heavy atom. The number of methoxy groups -OCH3 is 1. The molecule has 0 bridgehead atoms. The van der Waals surface area contributed by atoms with E-state index in [0.717, 1.165) is 16.2 Å². The van der Waals surface area contributed by atoms with Gasteiger partial charge >= 0.3 is 0 Å². The average Bonchev–Trinajstić information content (AvgIpc) is 2.94. The summed E-state index contributed by atoms with van der Waals surface area (Å²) in [6.07, 6.45) is 0. The molecule has 1 amide bonds. The zero-order chi connectivity index (χ0) is 17.1. The van der Waals surface area contributed by atoms with Crippen LogP contribution in [0.25, 0.3) is 11.1 Å². The number of H-pyrrole nitrogens is 1. The topological polar surface area (TPSA) is 67.3 Å². The third-order valence-electron chi connectivity index (χ3n) is 3.43. The van der Waals surface area contributed by atoms with Gasteiger partial charge in [-0.1, -0.05) is 0 Å². The summed E-state index contributed by atoms with van der Waals surface area (Å²) in [5.41, 5.74) is 2.10. The van der Waals surface area contributed by atoms with Gasteiger partial charge in [0.05, 0.1) is 17.9 Å². The number of hydrogen-bond donors (Lipinski definition) is 2. The molecule has 0 saturated carbocycles. The van der Waals surface area contributed by atoms with Crippen molar-refractivity contribution in [3.05, 3.63) is 47.3 Å². The summed E-state index contributed by atoms with van der Waals surface area (Å²) in [4.78, 5) is 16.6. The number of oxazole rings is 1. The Balaban J connectivity index is 1.66. The van der Waals surface area contributed by atoms with Crippen molar-refractivity contribution in [2.24, 2.45) is 0 Å². The molecule has 0 saturated heterocycles. The standard InChI is InChI=1S/C17H16N2O3S2/c1-10(24-13-6-4-12(21-2)5-7-13)16(20)18-11-3-8-14-15(9-11)22-17(23)19-14/h3-10H,1-2H3,(H,18,20)(H,19,23)/t10-/m0/s1. The van der Waals surface area contributed by atoms with Gasteiger partial charge in [0.25, 0.3) is 4.84 Å². The van der Waals surface area contributed by atoms with E-state index in [-0.39, 0.29) is 11.2 Å². The van der Waals surface area contributed by atoms with Crippen molar-refractivity contribution in [2.75, 3.05) is 12.4 Å². The number of aromatic nitrogens is 1. The Bertz CT molecular complexity index is 915. The molecule has 24 heavy (non-hydrogen) atoms. The van der Waals surface area contributed by atoms with Gasteiger partial charge in [-0.15, -0.1) is 11.8 Å². The number of fused-ring (bicyclic) bond motifs is 1. The highest BCUT2D eigenvalue weighted by molar-refractivity contribution is 8.00. The van der Waals surface area contributed by atoms with Crippen molar-refractivity contribution >= 4 is 46.7 Å². The predicted octanol–water partition coefficient (Wildman–Crippen LogP) is 4.62. The van der Waals surface area contributed by atoms with Gasteiger partial charge in [0.2, 0.25) is 5.91 Å². The number of hydrogen-bond acceptors (Lipinski definition) is 5. The van der Waals surface area contributed by atoms with Crippen molar-refractivity contribution in [3.63, 3.8) is 0 Å². The molecule has 5 nitrogen and oxygen atoms in total. The number of anilines is 1. The summed E-state index contributed by atoms with van der Waals surface area (Å²) in [5, 5.41) is 2.65. The van der Waals surface area contributed by atoms with Crippen molar-refractivity contribution in [1.29, 1.82) is 0 Å². The van der Waals surface area contributed by atoms with Crippen LogP contribution >= 0.6 is 24.0 Å². The van der Waals surface area contributed by atoms with Crippen LogP contribution < -0.4 is 10.1 Å². The molecular weight excluding hydrogens is 344 g/mol. The first-order chi connectivity index (χ1) is 11.5. The molecule has 1 atom stereocenters. The highest BCUT2D eigenvalue weighted by Gasteiger charge is 2.15. The minimum Gasteiger partial charge on any atom is -0.497 e. The zero-order valence-electron chi connectivity index (χ0n) is 13.2. The fraction of sp³-hybridized carbons (Fsp3) is 0.176. The molecule has 7 heteroatoms. The Kier molecular flexibility index (Phi) is 4.92. The van der Waals surface area contributed by atoms with Crippen LogP contribution in [-0.2, 0) is 4.79 Å². The highest BCUT2D eigenvalue weighted by atomic mass is 32.2. The zero-order valence-corrected chi connectivity index (χ0v) is 14.8. The first-order valence-corrected chi connectivity index (χ1v) is 8.58. The van der Waals surface area contributed by atoms with Crippen LogP contribution in [0, 0.1) is 4.84 Å². The number of benzene rings is 2. The minimum absolute atomic E-state index is 0.0794. The van der Waals surface area contributed by atoms with E-state index < -0.39 is 0 Å². The van der Waals surface area contributed by atoms with E-state index in [1.54, 1.807) is 13.2 Å². The molecule has 0 aliphatic heterocycles. The van der Waals surface area contributed by atoms with Gasteiger partial charge in [0.1, 0.15) is 5.75 Å². The van der Waals surface area contributed by atoms with Crippen molar-refractivity contribution in [2.45, 2.75) is 17.1 Å². The maximum absolute atomic E-state index is 12.4. The second kappa shape index (κ2) is 7.11. The number of carbonyl (C=O) groups is 1. The first-order valence-electron chi connectivity index (χ1n) is 7.29. The van der Waals surface area contributed by atoms with Gasteiger partial charge in [0, 0.05) is 16.6 Å². The number of nitrogens with one attached hydrogen (secondary N) is 2. The molecule has 124 valence electrons. The van der Waals surface area contributed by atoms with Gasteiger partial charge in [-0.25, -0.2) is 0 Å². The van der Waals surface area contributed by atoms with Crippen LogP contribution in [0.4, 0.5) is 5.69 Å². The summed E-state index contributed by atoms with van der Waals surface area (Å²) >= 11 is 6.44. The molecule has 3 aromatic rings. The summed E-state index contributed by atoms with van der Waals surface area (Å²) in [6.45, 7) is 1.87. The monoisotopic (exact) mass is 360 g/mol. The summed E-state index contributed by atoms with van der Waals surface area (Å²) in [5.74, 6) is 0.713. The Morgan fingerprint density at radius 3 is 2.75 bits per heavy atom. The summed E-state index contributed by atoms with van der Waals surface area (Å²) < 4.78 is 10.5. The predicted molar refractivity (Wildman–Crippen MR) is 98.3 cm³/mol. The number of carbonyl (C=O) groups excluding carboxylic acids is 1. The molecule has 0 fully saturated rings. The van der Waals surface area contributed by atoms with Crippen LogP contribution in [0.15, 0.2) is 51.8 Å². The Hall–Kier alpha value is -2.25. The lowest BCUT2D eigenvalue weighted by atomic mass is 10.3.